The largest absolute Gasteiger partial charge is 0.308 e. The van der Waals surface area contributed by atoms with Crippen LogP contribution in [0.15, 0.2) is 91.0 Å². The molecule has 1 aliphatic heterocycles. The molecule has 1 heteroatoms. The van der Waals surface area contributed by atoms with Crippen molar-refractivity contribution in [2.45, 2.75) is 19.3 Å². The molecule has 3 aliphatic rings. The lowest BCUT2D eigenvalue weighted by Crippen LogP contribution is -2.10. The lowest BCUT2D eigenvalue weighted by Gasteiger charge is -2.24. The van der Waals surface area contributed by atoms with Gasteiger partial charge in [0.1, 0.15) is 0 Å². The van der Waals surface area contributed by atoms with Crippen LogP contribution in [0.1, 0.15) is 33.4 Å². The van der Waals surface area contributed by atoms with Gasteiger partial charge < -0.3 is 4.57 Å². The van der Waals surface area contributed by atoms with E-state index >= 15 is 0 Å². The highest BCUT2D eigenvalue weighted by Crippen LogP contribution is 2.49. The standard InChI is InChI=1S/C33H21N/c1-3-9-23-20(7-1)17-28-25(23)13-14-27-26-11-5-8-22-18-29-30(34(32(22)26)33(27)28)15-12-21-16-19-6-2-4-10-24(19)31(21)29/h1-15H,16-18H2. The first-order chi connectivity index (χ1) is 16.9. The first kappa shape index (κ1) is 17.4. The smallest absolute Gasteiger partial charge is 0.0582 e. The maximum atomic E-state index is 2.62. The van der Waals surface area contributed by atoms with Gasteiger partial charge in [0, 0.05) is 23.6 Å². The Bertz CT molecular complexity index is 1880. The number of benzene rings is 5. The molecule has 6 aromatic rings. The fourth-order valence-electron chi connectivity index (χ4n) is 7.11. The summed E-state index contributed by atoms with van der Waals surface area (Å²) in [4.78, 5) is 0. The van der Waals surface area contributed by atoms with Crippen molar-refractivity contribution in [2.75, 3.05) is 0 Å². The summed E-state index contributed by atoms with van der Waals surface area (Å²) < 4.78 is 2.62. The van der Waals surface area contributed by atoms with E-state index in [0.717, 1.165) is 19.3 Å². The molecule has 1 nitrogen and oxygen atoms in total. The van der Waals surface area contributed by atoms with Gasteiger partial charge in [0.25, 0.3) is 0 Å². The highest BCUT2D eigenvalue weighted by Gasteiger charge is 2.31. The van der Waals surface area contributed by atoms with Crippen molar-refractivity contribution >= 4 is 21.8 Å². The molecule has 9 rings (SSSR count). The Balaban J connectivity index is 1.44. The summed E-state index contributed by atoms with van der Waals surface area (Å²) in [5.74, 6) is 0. The molecule has 0 unspecified atom stereocenters. The zero-order valence-corrected chi connectivity index (χ0v) is 18.7. The number of para-hydroxylation sites is 1. The molecule has 5 aromatic carbocycles. The topological polar surface area (TPSA) is 4.93 Å². The van der Waals surface area contributed by atoms with Crippen LogP contribution in [0.5, 0.6) is 0 Å². The molecule has 0 saturated carbocycles. The molecule has 0 N–H and O–H groups in total. The third-order valence-corrected chi connectivity index (χ3v) is 8.46. The van der Waals surface area contributed by atoms with Gasteiger partial charge in [-0.3, -0.25) is 0 Å². The van der Waals surface area contributed by atoms with Crippen LogP contribution in [0.25, 0.3) is 49.7 Å². The van der Waals surface area contributed by atoms with Crippen molar-refractivity contribution in [2.24, 2.45) is 0 Å². The number of hydrogen-bond donors (Lipinski definition) is 0. The van der Waals surface area contributed by atoms with Gasteiger partial charge in [0.2, 0.25) is 0 Å². The second-order valence-electron chi connectivity index (χ2n) is 10.1. The zero-order valence-electron chi connectivity index (χ0n) is 18.7. The second-order valence-corrected chi connectivity index (χ2v) is 10.1. The van der Waals surface area contributed by atoms with Gasteiger partial charge in [-0.05, 0) is 68.1 Å². The molecule has 0 fully saturated rings. The summed E-state index contributed by atoms with van der Waals surface area (Å²) >= 11 is 0. The molecule has 0 radical (unpaired) electrons. The molecule has 0 amide bonds. The Morgan fingerprint density at radius 2 is 1.18 bits per heavy atom. The monoisotopic (exact) mass is 431 g/mol. The molecule has 0 spiro atoms. The predicted molar refractivity (Wildman–Crippen MR) is 140 cm³/mol. The SMILES string of the molecule is c1ccc2c(c1)Cc1c-2ccc2c3cccc4c3n(c12)-c1ccc2c(c1C4)-c1ccccc1C2. The van der Waals surface area contributed by atoms with E-state index in [2.05, 4.69) is 95.6 Å². The van der Waals surface area contributed by atoms with Crippen molar-refractivity contribution in [1.82, 2.24) is 4.57 Å². The van der Waals surface area contributed by atoms with Crippen LogP contribution >= 0.6 is 0 Å². The van der Waals surface area contributed by atoms with E-state index < -0.39 is 0 Å². The number of hydrogen-bond acceptors (Lipinski definition) is 0. The van der Waals surface area contributed by atoms with Gasteiger partial charge in [0.05, 0.1) is 16.7 Å². The van der Waals surface area contributed by atoms with Gasteiger partial charge in [-0.25, -0.2) is 0 Å². The maximum absolute atomic E-state index is 2.62. The summed E-state index contributed by atoms with van der Waals surface area (Å²) in [7, 11) is 0. The molecule has 0 atom stereocenters. The van der Waals surface area contributed by atoms with E-state index in [9.17, 15) is 0 Å². The summed E-state index contributed by atoms with van der Waals surface area (Å²) in [5.41, 5.74) is 18.7. The molecule has 34 heavy (non-hydrogen) atoms. The van der Waals surface area contributed by atoms with Crippen LogP contribution in [0.3, 0.4) is 0 Å². The third kappa shape index (κ3) is 1.94. The normalized spacial score (nSPS) is 14.1. The Labute approximate surface area is 197 Å². The fraction of sp³-hybridized carbons (Fsp3) is 0.0909. The highest BCUT2D eigenvalue weighted by molar-refractivity contribution is 6.14. The highest BCUT2D eigenvalue weighted by atomic mass is 15.0. The van der Waals surface area contributed by atoms with E-state index in [0.29, 0.717) is 0 Å². The second kappa shape index (κ2) is 5.87. The number of aromatic nitrogens is 1. The molecule has 1 aromatic heterocycles. The lowest BCUT2D eigenvalue weighted by atomic mass is 9.90. The quantitative estimate of drug-likeness (QED) is 0.231. The van der Waals surface area contributed by atoms with Crippen LogP contribution in [-0.2, 0) is 19.3 Å². The molecule has 0 bridgehead atoms. The minimum Gasteiger partial charge on any atom is -0.308 e. The van der Waals surface area contributed by atoms with Crippen LogP contribution < -0.4 is 0 Å². The summed E-state index contributed by atoms with van der Waals surface area (Å²) in [6.45, 7) is 0. The van der Waals surface area contributed by atoms with E-state index in [1.807, 2.05) is 0 Å². The van der Waals surface area contributed by atoms with Gasteiger partial charge in [-0.15, -0.1) is 0 Å². The van der Waals surface area contributed by atoms with Gasteiger partial charge in [-0.1, -0.05) is 84.9 Å². The first-order valence-electron chi connectivity index (χ1n) is 12.3. The number of nitrogens with zero attached hydrogens (tertiary/aromatic N) is 1. The maximum Gasteiger partial charge on any atom is 0.0582 e. The molecule has 158 valence electrons. The number of fused-ring (bicyclic) bond motifs is 13. The minimum absolute atomic E-state index is 1.00. The average Bonchev–Trinajstić information content (AvgIpc) is 3.55. The molecular formula is C33H21N. The Morgan fingerprint density at radius 3 is 2.09 bits per heavy atom. The van der Waals surface area contributed by atoms with E-state index in [1.165, 1.54) is 83.1 Å². The predicted octanol–water partition coefficient (Wildman–Crippen LogP) is 7.83. The van der Waals surface area contributed by atoms with Crippen LogP contribution in [0.4, 0.5) is 0 Å². The first-order valence-corrected chi connectivity index (χ1v) is 12.3. The summed E-state index contributed by atoms with van der Waals surface area (Å²) in [6.07, 6.45) is 3.06. The Kier molecular flexibility index (Phi) is 3.00. The Morgan fingerprint density at radius 1 is 0.441 bits per heavy atom. The van der Waals surface area contributed by atoms with Crippen molar-refractivity contribution in [3.63, 3.8) is 0 Å². The third-order valence-electron chi connectivity index (χ3n) is 8.46. The van der Waals surface area contributed by atoms with Crippen molar-refractivity contribution < 1.29 is 0 Å². The Hall–Kier alpha value is -4.10. The molecule has 2 heterocycles. The van der Waals surface area contributed by atoms with Crippen LogP contribution in [0.2, 0.25) is 0 Å². The van der Waals surface area contributed by atoms with Gasteiger partial charge in [0.15, 0.2) is 0 Å². The van der Waals surface area contributed by atoms with Crippen molar-refractivity contribution in [3.8, 4) is 27.9 Å². The summed E-state index contributed by atoms with van der Waals surface area (Å²) in [6, 6.07) is 34.3. The minimum atomic E-state index is 1.00. The van der Waals surface area contributed by atoms with E-state index in [-0.39, 0.29) is 0 Å². The summed E-state index contributed by atoms with van der Waals surface area (Å²) in [5, 5.41) is 2.77. The molecular weight excluding hydrogens is 410 g/mol. The van der Waals surface area contributed by atoms with Crippen LogP contribution in [0, 0.1) is 0 Å². The van der Waals surface area contributed by atoms with E-state index in [1.54, 1.807) is 0 Å². The molecule has 0 saturated heterocycles. The number of rotatable bonds is 0. The van der Waals surface area contributed by atoms with Gasteiger partial charge in [-0.2, -0.15) is 0 Å². The van der Waals surface area contributed by atoms with Crippen molar-refractivity contribution in [3.05, 3.63) is 124 Å². The van der Waals surface area contributed by atoms with Gasteiger partial charge >= 0.3 is 0 Å². The van der Waals surface area contributed by atoms with E-state index in [4.69, 9.17) is 0 Å². The van der Waals surface area contributed by atoms with Crippen LogP contribution in [-0.4, -0.2) is 4.57 Å². The van der Waals surface area contributed by atoms with Crippen molar-refractivity contribution in [1.29, 1.82) is 0 Å². The lowest BCUT2D eigenvalue weighted by molar-refractivity contribution is 1.04. The average molecular weight is 432 g/mol. The fourth-order valence-corrected chi connectivity index (χ4v) is 7.11. The molecule has 2 aliphatic carbocycles. The zero-order chi connectivity index (χ0) is 22.0.